The number of imidazole rings is 1. The fourth-order valence-corrected chi connectivity index (χ4v) is 3.72. The van der Waals surface area contributed by atoms with E-state index in [0.717, 1.165) is 17.3 Å². The number of aliphatic hydroxyl groups is 1. The molecule has 0 atom stereocenters. The Bertz CT molecular complexity index is 1130. The van der Waals surface area contributed by atoms with Gasteiger partial charge in [-0.25, -0.2) is 4.98 Å². The summed E-state index contributed by atoms with van der Waals surface area (Å²) in [4.78, 5) is 39.1. The van der Waals surface area contributed by atoms with Crippen molar-refractivity contribution in [2.75, 3.05) is 11.1 Å². The fourth-order valence-electron chi connectivity index (χ4n) is 2.80. The Morgan fingerprint density at radius 3 is 2.45 bits per heavy atom. The van der Waals surface area contributed by atoms with Crippen LogP contribution in [0.1, 0.15) is 11.3 Å². The van der Waals surface area contributed by atoms with Crippen LogP contribution in [0.15, 0.2) is 59.9 Å². The maximum Gasteiger partial charge on any atom is 0.269 e. The number of nitrogens with zero attached hydrogens (tertiary/aromatic N) is 3. The normalized spacial score (nSPS) is 10.6. The SMILES string of the molecule is O=C(Cn1c(CO)cnc1SCC(=O)Nc1ccc([N+](=O)[O-])cc1)NCc1ccc(Cl)cc1. The summed E-state index contributed by atoms with van der Waals surface area (Å²) in [6, 6.07) is 12.6. The first kappa shape index (κ1) is 24.2. The lowest BCUT2D eigenvalue weighted by Crippen LogP contribution is -2.28. The second-order valence-corrected chi connectivity index (χ2v) is 8.20. The Balaban J connectivity index is 1.55. The predicted molar refractivity (Wildman–Crippen MR) is 124 cm³/mol. The molecule has 0 aliphatic carbocycles. The fraction of sp³-hybridized carbons (Fsp3) is 0.190. The molecule has 0 unspecified atom stereocenters. The molecule has 0 fully saturated rings. The lowest BCUT2D eigenvalue weighted by Gasteiger charge is -2.11. The van der Waals surface area contributed by atoms with Crippen LogP contribution in [0.2, 0.25) is 5.02 Å². The zero-order chi connectivity index (χ0) is 23.8. The Labute approximate surface area is 198 Å². The molecule has 1 aromatic heterocycles. The van der Waals surface area contributed by atoms with Gasteiger partial charge in [-0.3, -0.25) is 19.7 Å². The van der Waals surface area contributed by atoms with Crippen molar-refractivity contribution >= 4 is 46.6 Å². The minimum Gasteiger partial charge on any atom is -0.390 e. The molecule has 3 N–H and O–H groups in total. The molecule has 12 heteroatoms. The monoisotopic (exact) mass is 489 g/mol. The van der Waals surface area contributed by atoms with Gasteiger partial charge in [0.1, 0.15) is 6.54 Å². The van der Waals surface area contributed by atoms with Gasteiger partial charge >= 0.3 is 0 Å². The van der Waals surface area contributed by atoms with Crippen molar-refractivity contribution in [3.05, 3.63) is 81.1 Å². The van der Waals surface area contributed by atoms with Crippen LogP contribution in [0, 0.1) is 10.1 Å². The molecule has 3 aromatic rings. The molecular weight excluding hydrogens is 470 g/mol. The van der Waals surface area contributed by atoms with E-state index >= 15 is 0 Å². The van der Waals surface area contributed by atoms with Crippen LogP contribution in [0.25, 0.3) is 0 Å². The van der Waals surface area contributed by atoms with Crippen molar-refractivity contribution in [1.29, 1.82) is 0 Å². The van der Waals surface area contributed by atoms with E-state index in [1.807, 2.05) is 12.1 Å². The quantitative estimate of drug-likeness (QED) is 0.226. The number of amides is 2. The molecule has 2 amide bonds. The number of halogens is 1. The van der Waals surface area contributed by atoms with Crippen LogP contribution in [0.3, 0.4) is 0 Å². The topological polar surface area (TPSA) is 139 Å². The van der Waals surface area contributed by atoms with Gasteiger partial charge in [0.2, 0.25) is 11.8 Å². The second kappa shape index (κ2) is 11.5. The minimum atomic E-state index is -0.522. The second-order valence-electron chi connectivity index (χ2n) is 6.82. The van der Waals surface area contributed by atoms with Crippen molar-refractivity contribution in [2.24, 2.45) is 0 Å². The molecule has 3 rings (SSSR count). The van der Waals surface area contributed by atoms with Gasteiger partial charge in [0.15, 0.2) is 5.16 Å². The number of non-ortho nitro benzene ring substituents is 1. The molecule has 0 aliphatic heterocycles. The highest BCUT2D eigenvalue weighted by Crippen LogP contribution is 2.20. The number of nitro benzene ring substituents is 1. The van der Waals surface area contributed by atoms with Crippen LogP contribution in [-0.2, 0) is 29.3 Å². The Morgan fingerprint density at radius 2 is 1.82 bits per heavy atom. The van der Waals surface area contributed by atoms with Gasteiger partial charge in [0.25, 0.3) is 5.69 Å². The molecule has 0 spiro atoms. The number of hydrogen-bond acceptors (Lipinski definition) is 7. The number of anilines is 1. The molecule has 0 radical (unpaired) electrons. The molecule has 33 heavy (non-hydrogen) atoms. The standard InChI is InChI=1S/C21H20ClN5O5S/c22-15-3-1-14(2-4-15)9-23-19(29)11-26-18(12-28)10-24-21(26)33-13-20(30)25-16-5-7-17(8-6-16)27(31)32/h1-8,10,28H,9,11-13H2,(H,23,29)(H,25,30). The summed E-state index contributed by atoms with van der Waals surface area (Å²) >= 11 is 6.96. The van der Waals surface area contributed by atoms with E-state index in [-0.39, 0.29) is 36.4 Å². The summed E-state index contributed by atoms with van der Waals surface area (Å²) in [6.45, 7) is -0.0674. The number of nitrogens with one attached hydrogen (secondary N) is 2. The molecule has 0 aliphatic rings. The number of carbonyl (C=O) groups excluding carboxylic acids is 2. The third-order valence-electron chi connectivity index (χ3n) is 4.46. The number of aromatic nitrogens is 2. The third-order valence-corrected chi connectivity index (χ3v) is 5.71. The van der Waals surface area contributed by atoms with Gasteiger partial charge in [-0.15, -0.1) is 0 Å². The minimum absolute atomic E-state index is 0.00867. The van der Waals surface area contributed by atoms with Crippen molar-refractivity contribution < 1.29 is 19.6 Å². The number of hydrogen-bond donors (Lipinski definition) is 3. The molecule has 0 bridgehead atoms. The maximum absolute atomic E-state index is 12.4. The number of carbonyl (C=O) groups is 2. The van der Waals surface area contributed by atoms with E-state index in [2.05, 4.69) is 15.6 Å². The Hall–Kier alpha value is -3.41. The summed E-state index contributed by atoms with van der Waals surface area (Å²) in [7, 11) is 0. The molecule has 172 valence electrons. The van der Waals surface area contributed by atoms with Crippen molar-refractivity contribution in [3.8, 4) is 0 Å². The highest BCUT2D eigenvalue weighted by Gasteiger charge is 2.15. The molecule has 0 saturated carbocycles. The zero-order valence-corrected chi connectivity index (χ0v) is 18.8. The highest BCUT2D eigenvalue weighted by atomic mass is 35.5. The molecule has 0 saturated heterocycles. The number of nitro groups is 1. The summed E-state index contributed by atoms with van der Waals surface area (Å²) in [5.41, 5.74) is 1.68. The summed E-state index contributed by atoms with van der Waals surface area (Å²) in [5, 5.41) is 26.7. The maximum atomic E-state index is 12.4. The summed E-state index contributed by atoms with van der Waals surface area (Å²) in [5.74, 6) is -0.637. The number of benzene rings is 2. The molecule has 1 heterocycles. The Kier molecular flexibility index (Phi) is 8.41. The largest absolute Gasteiger partial charge is 0.390 e. The van der Waals surface area contributed by atoms with Gasteiger partial charge in [-0.05, 0) is 29.8 Å². The Morgan fingerprint density at radius 1 is 1.12 bits per heavy atom. The zero-order valence-electron chi connectivity index (χ0n) is 17.2. The van der Waals surface area contributed by atoms with Crippen LogP contribution in [-0.4, -0.2) is 37.1 Å². The first-order chi connectivity index (χ1) is 15.9. The number of rotatable bonds is 10. The molecule has 10 nitrogen and oxygen atoms in total. The number of aliphatic hydroxyl groups excluding tert-OH is 1. The van der Waals surface area contributed by atoms with Gasteiger partial charge in [0.05, 0.1) is 29.2 Å². The van der Waals surface area contributed by atoms with Gasteiger partial charge in [-0.1, -0.05) is 35.5 Å². The van der Waals surface area contributed by atoms with Crippen LogP contribution in [0.4, 0.5) is 11.4 Å². The average molecular weight is 490 g/mol. The van der Waals surface area contributed by atoms with E-state index in [4.69, 9.17) is 11.6 Å². The summed E-state index contributed by atoms with van der Waals surface area (Å²) < 4.78 is 1.54. The van der Waals surface area contributed by atoms with Crippen molar-refractivity contribution in [1.82, 2.24) is 14.9 Å². The molecule has 2 aromatic carbocycles. The van der Waals surface area contributed by atoms with E-state index in [0.29, 0.717) is 28.1 Å². The van der Waals surface area contributed by atoms with Crippen molar-refractivity contribution in [2.45, 2.75) is 24.9 Å². The van der Waals surface area contributed by atoms with E-state index in [1.54, 1.807) is 16.7 Å². The highest BCUT2D eigenvalue weighted by molar-refractivity contribution is 7.99. The van der Waals surface area contributed by atoms with E-state index < -0.39 is 4.92 Å². The van der Waals surface area contributed by atoms with Gasteiger partial charge < -0.3 is 20.3 Å². The lowest BCUT2D eigenvalue weighted by atomic mass is 10.2. The average Bonchev–Trinajstić information content (AvgIpc) is 3.19. The first-order valence-corrected chi connectivity index (χ1v) is 11.1. The van der Waals surface area contributed by atoms with Gasteiger partial charge in [0, 0.05) is 29.4 Å². The number of thioether (sulfide) groups is 1. The smallest absolute Gasteiger partial charge is 0.269 e. The molecular formula is C21H20ClN5O5S. The van der Waals surface area contributed by atoms with E-state index in [9.17, 15) is 24.8 Å². The van der Waals surface area contributed by atoms with Crippen LogP contribution in [0.5, 0.6) is 0 Å². The van der Waals surface area contributed by atoms with Gasteiger partial charge in [-0.2, -0.15) is 0 Å². The van der Waals surface area contributed by atoms with E-state index in [1.165, 1.54) is 30.5 Å². The van der Waals surface area contributed by atoms with Crippen LogP contribution < -0.4 is 10.6 Å². The third kappa shape index (κ3) is 7.04. The predicted octanol–water partition coefficient (Wildman–Crippen LogP) is 2.98. The van der Waals surface area contributed by atoms with Crippen molar-refractivity contribution in [3.63, 3.8) is 0 Å². The first-order valence-electron chi connectivity index (χ1n) is 9.69. The lowest BCUT2D eigenvalue weighted by molar-refractivity contribution is -0.384. The van der Waals surface area contributed by atoms with Crippen LogP contribution >= 0.6 is 23.4 Å². The summed E-state index contributed by atoms with van der Waals surface area (Å²) in [6.07, 6.45) is 1.45.